The van der Waals surface area contributed by atoms with Gasteiger partial charge in [0.15, 0.2) is 0 Å². The van der Waals surface area contributed by atoms with Crippen LogP contribution in [0.1, 0.15) is 49.3 Å². The average molecular weight is 462 g/mol. The Kier molecular flexibility index (Phi) is 8.09. The highest BCUT2D eigenvalue weighted by Crippen LogP contribution is 2.34. The third kappa shape index (κ3) is 6.40. The minimum absolute atomic E-state index is 0.260. The fraction of sp³-hybridized carbons (Fsp3) is 0.310. The van der Waals surface area contributed by atoms with E-state index in [0.717, 1.165) is 45.2 Å². The van der Waals surface area contributed by atoms with Gasteiger partial charge in [-0.05, 0) is 97.1 Å². The van der Waals surface area contributed by atoms with E-state index in [9.17, 15) is 5.11 Å². The molecule has 33 heavy (non-hydrogen) atoms. The molecule has 3 aromatic carbocycles. The number of nitrogens with zero attached hydrogens (tertiary/aromatic N) is 1. The number of ether oxygens (including phenoxy) is 1. The van der Waals surface area contributed by atoms with Crippen molar-refractivity contribution in [2.24, 2.45) is 0 Å². The van der Waals surface area contributed by atoms with E-state index in [-0.39, 0.29) is 5.75 Å². The molecule has 0 aliphatic carbocycles. The molecule has 0 atom stereocenters. The molecule has 1 saturated heterocycles. The van der Waals surface area contributed by atoms with Gasteiger partial charge in [-0.2, -0.15) is 0 Å². The van der Waals surface area contributed by atoms with Crippen LogP contribution in [0.25, 0.3) is 11.1 Å². The number of aromatic hydroxyl groups is 1. The van der Waals surface area contributed by atoms with Crippen molar-refractivity contribution in [3.8, 4) is 11.5 Å². The first-order chi connectivity index (χ1) is 16.1. The van der Waals surface area contributed by atoms with Crippen LogP contribution >= 0.6 is 11.6 Å². The Bertz CT molecular complexity index is 1050. The lowest BCUT2D eigenvalue weighted by atomic mass is 9.90. The Morgan fingerprint density at radius 3 is 1.94 bits per heavy atom. The molecule has 1 aliphatic rings. The maximum absolute atomic E-state index is 9.77. The summed E-state index contributed by atoms with van der Waals surface area (Å²) < 4.78 is 6.06. The van der Waals surface area contributed by atoms with Crippen molar-refractivity contribution in [1.29, 1.82) is 0 Å². The van der Waals surface area contributed by atoms with Crippen LogP contribution in [0.3, 0.4) is 0 Å². The van der Waals surface area contributed by atoms with Crippen molar-refractivity contribution in [2.75, 3.05) is 26.2 Å². The number of hydrogen-bond donors (Lipinski definition) is 1. The molecule has 3 nitrogen and oxygen atoms in total. The maximum Gasteiger partial charge on any atom is 0.119 e. The second-order valence-corrected chi connectivity index (χ2v) is 9.12. The zero-order valence-electron chi connectivity index (χ0n) is 19.3. The highest BCUT2D eigenvalue weighted by atomic mass is 35.5. The molecule has 4 heteroatoms. The summed E-state index contributed by atoms with van der Waals surface area (Å²) in [5, 5.41) is 10.5. The van der Waals surface area contributed by atoms with Gasteiger partial charge >= 0.3 is 0 Å². The molecule has 0 spiro atoms. The van der Waals surface area contributed by atoms with Crippen LogP contribution in [0.4, 0.5) is 0 Å². The molecule has 0 aromatic heterocycles. The second kappa shape index (κ2) is 11.4. The molecule has 1 N–H and O–H groups in total. The first-order valence-corrected chi connectivity index (χ1v) is 12.2. The topological polar surface area (TPSA) is 32.7 Å². The number of allylic oxidation sites excluding steroid dienone is 1. The lowest BCUT2D eigenvalue weighted by molar-refractivity contribution is 0.214. The van der Waals surface area contributed by atoms with Gasteiger partial charge in [0.1, 0.15) is 18.1 Å². The number of phenolic OH excluding ortho intramolecular Hbond substituents is 1. The van der Waals surface area contributed by atoms with E-state index in [0.29, 0.717) is 6.61 Å². The van der Waals surface area contributed by atoms with Crippen LogP contribution in [0.2, 0.25) is 5.02 Å². The summed E-state index contributed by atoms with van der Waals surface area (Å²) in [4.78, 5) is 2.52. The lowest BCUT2D eigenvalue weighted by Crippen LogP contribution is -2.29. The Morgan fingerprint density at radius 1 is 0.788 bits per heavy atom. The molecule has 1 fully saturated rings. The third-order valence-corrected chi connectivity index (χ3v) is 6.58. The van der Waals surface area contributed by atoms with E-state index in [4.69, 9.17) is 16.3 Å². The molecule has 0 amide bonds. The summed E-state index contributed by atoms with van der Waals surface area (Å²) in [5.74, 6) is 1.15. The van der Waals surface area contributed by atoms with Gasteiger partial charge in [0.25, 0.3) is 0 Å². The van der Waals surface area contributed by atoms with Gasteiger partial charge in [0.05, 0.1) is 0 Å². The molecule has 0 unspecified atom stereocenters. The largest absolute Gasteiger partial charge is 0.508 e. The highest BCUT2D eigenvalue weighted by Gasteiger charge is 2.12. The fourth-order valence-corrected chi connectivity index (χ4v) is 4.57. The Balaban J connectivity index is 1.54. The maximum atomic E-state index is 9.77. The molecule has 0 bridgehead atoms. The minimum Gasteiger partial charge on any atom is -0.508 e. The molecule has 1 aliphatic heterocycles. The van der Waals surface area contributed by atoms with Crippen molar-refractivity contribution < 1.29 is 9.84 Å². The number of likely N-dealkylation sites (tertiary alicyclic amines) is 1. The Labute approximate surface area is 202 Å². The summed E-state index contributed by atoms with van der Waals surface area (Å²) >= 11 is 6.10. The minimum atomic E-state index is 0.260. The summed E-state index contributed by atoms with van der Waals surface area (Å²) in [6, 6.07) is 23.6. The monoisotopic (exact) mass is 461 g/mol. The Hall–Kier alpha value is -2.75. The van der Waals surface area contributed by atoms with E-state index in [1.807, 2.05) is 48.5 Å². The van der Waals surface area contributed by atoms with E-state index in [2.05, 4.69) is 24.0 Å². The molecule has 0 saturated carbocycles. The quantitative estimate of drug-likeness (QED) is 0.375. The molecule has 1 heterocycles. The van der Waals surface area contributed by atoms with Gasteiger partial charge in [0.2, 0.25) is 0 Å². The van der Waals surface area contributed by atoms with Crippen molar-refractivity contribution >= 4 is 22.7 Å². The van der Waals surface area contributed by atoms with Crippen LogP contribution in [0.5, 0.6) is 11.5 Å². The first-order valence-electron chi connectivity index (χ1n) is 11.8. The van der Waals surface area contributed by atoms with Gasteiger partial charge in [-0.15, -0.1) is 0 Å². The number of benzene rings is 3. The van der Waals surface area contributed by atoms with Crippen molar-refractivity contribution in [3.63, 3.8) is 0 Å². The Morgan fingerprint density at radius 2 is 1.33 bits per heavy atom. The standard InChI is InChI=1S/C29H32ClNO2/c1-22(23-6-12-26(30)13-7-23)29(24-8-14-27(32)15-9-24)25-10-16-28(17-11-25)33-21-20-31-18-4-2-3-5-19-31/h6-17,32H,2-5,18-21H2,1H3/b29-22-. The van der Waals surface area contributed by atoms with Crippen LogP contribution in [-0.4, -0.2) is 36.2 Å². The molecule has 4 rings (SSSR count). The normalized spacial score (nSPS) is 15.6. The van der Waals surface area contributed by atoms with E-state index < -0.39 is 0 Å². The van der Waals surface area contributed by atoms with Crippen molar-refractivity contribution in [1.82, 2.24) is 4.90 Å². The van der Waals surface area contributed by atoms with Crippen LogP contribution in [-0.2, 0) is 0 Å². The SMILES string of the molecule is C/C(=C(\c1ccc(O)cc1)c1ccc(OCCN2CCCCCC2)cc1)c1ccc(Cl)cc1. The zero-order chi connectivity index (χ0) is 23.0. The van der Waals surface area contributed by atoms with Gasteiger partial charge < -0.3 is 9.84 Å². The molecule has 3 aromatic rings. The van der Waals surface area contributed by atoms with E-state index in [1.165, 1.54) is 38.8 Å². The lowest BCUT2D eigenvalue weighted by Gasteiger charge is -2.20. The predicted molar refractivity (Wildman–Crippen MR) is 138 cm³/mol. The van der Waals surface area contributed by atoms with Crippen LogP contribution in [0, 0.1) is 0 Å². The average Bonchev–Trinajstić information content (AvgIpc) is 3.11. The first kappa shape index (κ1) is 23.4. The summed E-state index contributed by atoms with van der Waals surface area (Å²) in [6.07, 6.45) is 5.30. The molecular weight excluding hydrogens is 430 g/mol. The van der Waals surface area contributed by atoms with Crippen molar-refractivity contribution in [2.45, 2.75) is 32.6 Å². The molecular formula is C29H32ClNO2. The van der Waals surface area contributed by atoms with Crippen LogP contribution in [0.15, 0.2) is 72.8 Å². The summed E-state index contributed by atoms with van der Waals surface area (Å²) in [5.41, 5.74) is 5.53. The molecule has 172 valence electrons. The van der Waals surface area contributed by atoms with E-state index in [1.54, 1.807) is 12.1 Å². The van der Waals surface area contributed by atoms with Crippen molar-refractivity contribution in [3.05, 3.63) is 94.5 Å². The van der Waals surface area contributed by atoms with Gasteiger partial charge in [-0.25, -0.2) is 0 Å². The number of hydrogen-bond acceptors (Lipinski definition) is 3. The summed E-state index contributed by atoms with van der Waals surface area (Å²) in [6.45, 7) is 6.19. The third-order valence-electron chi connectivity index (χ3n) is 6.33. The second-order valence-electron chi connectivity index (χ2n) is 8.68. The van der Waals surface area contributed by atoms with Crippen LogP contribution < -0.4 is 4.74 Å². The summed E-state index contributed by atoms with van der Waals surface area (Å²) in [7, 11) is 0. The number of phenols is 1. The van der Waals surface area contributed by atoms with Gasteiger partial charge in [-0.1, -0.05) is 60.8 Å². The van der Waals surface area contributed by atoms with Gasteiger partial charge in [-0.3, -0.25) is 4.90 Å². The zero-order valence-corrected chi connectivity index (χ0v) is 20.0. The predicted octanol–water partition coefficient (Wildman–Crippen LogP) is 7.28. The number of halogens is 1. The fourth-order valence-electron chi connectivity index (χ4n) is 4.44. The molecule has 0 radical (unpaired) electrons. The number of rotatable bonds is 7. The smallest absolute Gasteiger partial charge is 0.119 e. The highest BCUT2D eigenvalue weighted by molar-refractivity contribution is 6.30. The van der Waals surface area contributed by atoms with E-state index >= 15 is 0 Å². The van der Waals surface area contributed by atoms with Gasteiger partial charge in [0, 0.05) is 11.6 Å².